The molecular formula is C14H18BrFN2O. The molecule has 3 nitrogen and oxygen atoms in total. The molecule has 0 spiro atoms. The second-order valence-corrected chi connectivity index (χ2v) is 5.44. The number of nitriles is 1. The fraction of sp³-hybridized carbons (Fsp3) is 0.500. The number of nitrogens with one attached hydrogen (secondary N) is 1. The number of nitrogens with zero attached hydrogens (tertiary/aromatic N) is 1. The van der Waals surface area contributed by atoms with Gasteiger partial charge < -0.3 is 10.1 Å². The summed E-state index contributed by atoms with van der Waals surface area (Å²) in [6.45, 7) is 6.23. The highest BCUT2D eigenvalue weighted by molar-refractivity contribution is 9.10. The minimum Gasteiger partial charge on any atom is -0.383 e. The minimum atomic E-state index is -0.429. The number of halogens is 2. The van der Waals surface area contributed by atoms with Crippen LogP contribution in [0.5, 0.6) is 0 Å². The second-order valence-electron chi connectivity index (χ2n) is 4.65. The molecule has 0 aliphatic carbocycles. The van der Waals surface area contributed by atoms with Gasteiger partial charge in [0.2, 0.25) is 0 Å². The zero-order valence-corrected chi connectivity index (χ0v) is 12.8. The number of hydrogen-bond acceptors (Lipinski definition) is 3. The molecule has 1 aromatic rings. The summed E-state index contributed by atoms with van der Waals surface area (Å²) in [4.78, 5) is 0. The molecule has 0 saturated carbocycles. The van der Waals surface area contributed by atoms with E-state index in [1.54, 1.807) is 12.1 Å². The fourth-order valence-corrected chi connectivity index (χ4v) is 1.92. The van der Waals surface area contributed by atoms with Crippen molar-refractivity contribution in [3.05, 3.63) is 28.0 Å². The summed E-state index contributed by atoms with van der Waals surface area (Å²) < 4.78 is 19.5. The van der Waals surface area contributed by atoms with E-state index in [2.05, 4.69) is 35.1 Å². The zero-order valence-electron chi connectivity index (χ0n) is 11.2. The van der Waals surface area contributed by atoms with Crippen molar-refractivity contribution >= 4 is 21.6 Å². The lowest BCUT2D eigenvalue weighted by atomic mass is 10.2. The van der Waals surface area contributed by atoms with Crippen molar-refractivity contribution in [2.24, 2.45) is 5.92 Å². The third kappa shape index (κ3) is 5.17. The number of hydrogen-bond donors (Lipinski definition) is 1. The van der Waals surface area contributed by atoms with Crippen LogP contribution in [0.4, 0.5) is 10.1 Å². The normalized spacial score (nSPS) is 10.5. The summed E-state index contributed by atoms with van der Waals surface area (Å²) in [5.74, 6) is 0.0991. The van der Waals surface area contributed by atoms with Gasteiger partial charge in [0.25, 0.3) is 0 Å². The van der Waals surface area contributed by atoms with Gasteiger partial charge in [0.1, 0.15) is 6.07 Å². The Bertz CT molecular complexity index is 457. The van der Waals surface area contributed by atoms with Crippen molar-refractivity contribution in [3.8, 4) is 6.07 Å². The lowest BCUT2D eigenvalue weighted by Crippen LogP contribution is -2.09. The van der Waals surface area contributed by atoms with Gasteiger partial charge in [-0.3, -0.25) is 0 Å². The predicted octanol–water partition coefficient (Wildman–Crippen LogP) is 3.93. The first-order valence-corrected chi connectivity index (χ1v) is 7.05. The zero-order chi connectivity index (χ0) is 14.3. The van der Waals surface area contributed by atoms with E-state index in [9.17, 15) is 4.39 Å². The molecule has 1 N–H and O–H groups in total. The Labute approximate surface area is 121 Å². The molecule has 0 saturated heterocycles. The summed E-state index contributed by atoms with van der Waals surface area (Å²) in [5.41, 5.74) is 0.693. The van der Waals surface area contributed by atoms with Crippen molar-refractivity contribution in [3.63, 3.8) is 0 Å². The first-order valence-electron chi connectivity index (χ1n) is 6.26. The summed E-state index contributed by atoms with van der Waals surface area (Å²) in [6, 6.07) is 5.09. The van der Waals surface area contributed by atoms with E-state index in [4.69, 9.17) is 10.00 Å². The molecule has 0 amide bonds. The molecule has 0 aliphatic heterocycles. The maximum absolute atomic E-state index is 13.8. The van der Waals surface area contributed by atoms with Gasteiger partial charge in [-0.25, -0.2) is 4.39 Å². The fourth-order valence-electron chi connectivity index (χ4n) is 1.49. The van der Waals surface area contributed by atoms with E-state index in [0.717, 1.165) is 13.0 Å². The highest BCUT2D eigenvalue weighted by Gasteiger charge is 2.10. The predicted molar refractivity (Wildman–Crippen MR) is 77.6 cm³/mol. The summed E-state index contributed by atoms with van der Waals surface area (Å²) in [5, 5.41) is 11.8. The van der Waals surface area contributed by atoms with Gasteiger partial charge in [-0.2, -0.15) is 5.26 Å². The molecular weight excluding hydrogens is 311 g/mol. The first-order chi connectivity index (χ1) is 9.06. The maximum atomic E-state index is 13.8. The quantitative estimate of drug-likeness (QED) is 0.771. The number of ether oxygens (including phenoxy) is 1. The van der Waals surface area contributed by atoms with Gasteiger partial charge >= 0.3 is 0 Å². The minimum absolute atomic E-state index is 0.205. The molecule has 0 aliphatic rings. The Hall–Kier alpha value is -1.12. The van der Waals surface area contributed by atoms with Gasteiger partial charge in [0.15, 0.2) is 5.82 Å². The van der Waals surface area contributed by atoms with Crippen LogP contribution in [0.2, 0.25) is 0 Å². The van der Waals surface area contributed by atoms with Crippen LogP contribution in [0.3, 0.4) is 0 Å². The van der Waals surface area contributed by atoms with Crippen LogP contribution in [0, 0.1) is 23.1 Å². The van der Waals surface area contributed by atoms with E-state index >= 15 is 0 Å². The van der Waals surface area contributed by atoms with Gasteiger partial charge in [0.05, 0.1) is 15.7 Å². The molecule has 1 rings (SSSR count). The Morgan fingerprint density at radius 3 is 2.84 bits per heavy atom. The van der Waals surface area contributed by atoms with Gasteiger partial charge in [-0.05, 0) is 40.4 Å². The summed E-state index contributed by atoms with van der Waals surface area (Å²) >= 11 is 3.08. The Morgan fingerprint density at radius 1 is 1.47 bits per heavy atom. The highest BCUT2D eigenvalue weighted by atomic mass is 79.9. The van der Waals surface area contributed by atoms with E-state index in [0.29, 0.717) is 30.3 Å². The van der Waals surface area contributed by atoms with Crippen LogP contribution in [0.15, 0.2) is 16.6 Å². The van der Waals surface area contributed by atoms with E-state index < -0.39 is 5.82 Å². The van der Waals surface area contributed by atoms with Crippen molar-refractivity contribution in [2.45, 2.75) is 20.3 Å². The number of anilines is 1. The second kappa shape index (κ2) is 8.13. The van der Waals surface area contributed by atoms with Crippen LogP contribution < -0.4 is 5.32 Å². The Morgan fingerprint density at radius 2 is 2.21 bits per heavy atom. The van der Waals surface area contributed by atoms with Crippen molar-refractivity contribution < 1.29 is 9.13 Å². The smallest absolute Gasteiger partial charge is 0.161 e. The topological polar surface area (TPSA) is 45.0 Å². The Kier molecular flexibility index (Phi) is 6.82. The molecule has 0 atom stereocenters. The van der Waals surface area contributed by atoms with E-state index in [-0.39, 0.29) is 4.47 Å². The van der Waals surface area contributed by atoms with E-state index in [1.807, 2.05) is 6.07 Å². The van der Waals surface area contributed by atoms with Crippen molar-refractivity contribution in [1.82, 2.24) is 0 Å². The third-order valence-corrected chi connectivity index (χ3v) is 3.21. The standard InChI is InChI=1S/C14H18BrFN2O/c1-10(2)9-19-7-3-6-18-12-5-4-11(8-17)13(15)14(12)16/h4-5,10,18H,3,6-7,9H2,1-2H3. The molecule has 0 heterocycles. The van der Waals surface area contributed by atoms with Crippen LogP contribution >= 0.6 is 15.9 Å². The molecule has 0 aromatic heterocycles. The maximum Gasteiger partial charge on any atom is 0.161 e. The lowest BCUT2D eigenvalue weighted by Gasteiger charge is -2.10. The lowest BCUT2D eigenvalue weighted by molar-refractivity contribution is 0.110. The Balaban J connectivity index is 2.38. The molecule has 104 valence electrons. The molecule has 0 unspecified atom stereocenters. The molecule has 0 radical (unpaired) electrons. The molecule has 0 bridgehead atoms. The highest BCUT2D eigenvalue weighted by Crippen LogP contribution is 2.26. The third-order valence-electron chi connectivity index (χ3n) is 2.43. The van der Waals surface area contributed by atoms with Crippen molar-refractivity contribution in [2.75, 3.05) is 25.1 Å². The van der Waals surface area contributed by atoms with E-state index in [1.165, 1.54) is 0 Å². The average Bonchev–Trinajstić information content (AvgIpc) is 2.38. The van der Waals surface area contributed by atoms with Gasteiger partial charge in [0, 0.05) is 19.8 Å². The molecule has 0 fully saturated rings. The molecule has 5 heteroatoms. The number of benzene rings is 1. The van der Waals surface area contributed by atoms with Crippen LogP contribution in [-0.2, 0) is 4.74 Å². The van der Waals surface area contributed by atoms with Gasteiger partial charge in [-0.15, -0.1) is 0 Å². The van der Waals surface area contributed by atoms with Crippen LogP contribution in [-0.4, -0.2) is 19.8 Å². The van der Waals surface area contributed by atoms with Crippen molar-refractivity contribution in [1.29, 1.82) is 5.26 Å². The molecule has 1 aromatic carbocycles. The SMILES string of the molecule is CC(C)COCCCNc1ccc(C#N)c(Br)c1F. The average molecular weight is 329 g/mol. The first kappa shape index (κ1) is 15.9. The monoisotopic (exact) mass is 328 g/mol. The number of rotatable bonds is 7. The largest absolute Gasteiger partial charge is 0.383 e. The van der Waals surface area contributed by atoms with Gasteiger partial charge in [-0.1, -0.05) is 13.8 Å². The van der Waals surface area contributed by atoms with Crippen LogP contribution in [0.25, 0.3) is 0 Å². The summed E-state index contributed by atoms with van der Waals surface area (Å²) in [7, 11) is 0. The summed E-state index contributed by atoms with van der Waals surface area (Å²) in [6.07, 6.45) is 0.809. The van der Waals surface area contributed by atoms with Crippen LogP contribution in [0.1, 0.15) is 25.8 Å². The molecule has 19 heavy (non-hydrogen) atoms.